The van der Waals surface area contributed by atoms with Crippen LogP contribution in [0.3, 0.4) is 0 Å². The number of hydrogen-bond donors (Lipinski definition) is 1. The minimum atomic E-state index is -3.41. The van der Waals surface area contributed by atoms with Crippen LogP contribution < -0.4 is 9.47 Å². The first-order valence-electron chi connectivity index (χ1n) is 4.82. The Morgan fingerprint density at radius 1 is 1.44 bits per heavy atom. The molecule has 98 valence electrons. The van der Waals surface area contributed by atoms with E-state index in [0.717, 1.165) is 6.26 Å². The fourth-order valence-electron chi connectivity index (χ4n) is 1.65. The molecule has 0 aliphatic carbocycles. The lowest BCUT2D eigenvalue weighted by molar-refractivity contribution is 0.0695. The van der Waals surface area contributed by atoms with E-state index in [1.54, 1.807) is 0 Å². The molecule has 0 saturated carbocycles. The van der Waals surface area contributed by atoms with E-state index in [9.17, 15) is 13.2 Å². The number of fused-ring (bicyclic) bond motifs is 1. The molecule has 1 aromatic carbocycles. The highest BCUT2D eigenvalue weighted by atomic mass is 35.5. The fraction of sp³-hybridized carbons (Fsp3) is 0.300. The third kappa shape index (κ3) is 2.51. The summed E-state index contributed by atoms with van der Waals surface area (Å²) in [6.45, 7) is 0. The molecule has 1 N–H and O–H groups in total. The molecule has 18 heavy (non-hydrogen) atoms. The molecular weight excluding hydrogens is 284 g/mol. The first kappa shape index (κ1) is 13.0. The van der Waals surface area contributed by atoms with Crippen LogP contribution in [0.25, 0.3) is 0 Å². The number of carbonyl (C=O) groups is 1. The molecule has 1 atom stereocenters. The highest BCUT2D eigenvalue weighted by molar-refractivity contribution is 7.89. The van der Waals surface area contributed by atoms with Crippen LogP contribution in [0.4, 0.5) is 0 Å². The molecule has 0 aromatic heterocycles. The van der Waals surface area contributed by atoms with Crippen molar-refractivity contribution in [2.75, 3.05) is 6.26 Å². The van der Waals surface area contributed by atoms with Crippen LogP contribution in [0.15, 0.2) is 12.1 Å². The summed E-state index contributed by atoms with van der Waals surface area (Å²) in [7, 11) is -3.41. The average Bonchev–Trinajstić information content (AvgIpc) is 2.56. The predicted molar refractivity (Wildman–Crippen MR) is 62.8 cm³/mol. The van der Waals surface area contributed by atoms with Gasteiger partial charge in [0.15, 0.2) is 21.3 Å². The number of rotatable bonds is 3. The van der Waals surface area contributed by atoms with Crippen LogP contribution in [0, 0.1) is 0 Å². The highest BCUT2D eigenvalue weighted by Crippen LogP contribution is 2.41. The number of sulfone groups is 1. The number of carboxylic acids is 1. The van der Waals surface area contributed by atoms with Gasteiger partial charge in [0.05, 0.1) is 11.3 Å². The molecule has 0 spiro atoms. The van der Waals surface area contributed by atoms with Gasteiger partial charge < -0.3 is 14.6 Å². The third-order valence-electron chi connectivity index (χ3n) is 2.29. The van der Waals surface area contributed by atoms with Crippen molar-refractivity contribution in [3.63, 3.8) is 0 Å². The lowest BCUT2D eigenvalue weighted by Crippen LogP contribution is -2.11. The molecule has 1 aliphatic rings. The van der Waals surface area contributed by atoms with Crippen molar-refractivity contribution in [1.29, 1.82) is 0 Å². The summed E-state index contributed by atoms with van der Waals surface area (Å²) in [6, 6.07) is 2.65. The molecule has 8 heteroatoms. The Labute approximate surface area is 108 Å². The van der Waals surface area contributed by atoms with E-state index in [2.05, 4.69) is 0 Å². The van der Waals surface area contributed by atoms with Gasteiger partial charge in [-0.25, -0.2) is 13.2 Å². The van der Waals surface area contributed by atoms with Crippen LogP contribution in [-0.4, -0.2) is 31.5 Å². The number of alkyl halides is 1. The van der Waals surface area contributed by atoms with Gasteiger partial charge in [0, 0.05) is 11.8 Å². The first-order valence-corrected chi connectivity index (χ1v) is 7.32. The highest BCUT2D eigenvalue weighted by Gasteiger charge is 2.30. The second-order valence-corrected chi connectivity index (χ2v) is 6.30. The molecule has 0 radical (unpaired) electrons. The fourth-order valence-corrected chi connectivity index (χ4v) is 2.65. The number of halogens is 1. The third-order valence-corrected chi connectivity index (χ3v) is 3.28. The number of aromatic carboxylic acids is 1. The first-order chi connectivity index (χ1) is 8.28. The molecule has 6 nitrogen and oxygen atoms in total. The summed E-state index contributed by atoms with van der Waals surface area (Å²) in [5.41, 5.74) is -0.0980. The molecule has 0 saturated heterocycles. The standard InChI is InChI=1S/C10H9ClO6S/c1-18(14,15)4-6-5(9(12)13)2-3-7-8(6)17-10(11)16-7/h2-3,10H,4H2,1H3,(H,12,13). The summed E-state index contributed by atoms with van der Waals surface area (Å²) >= 11 is 5.61. The molecule has 1 aromatic rings. The maximum Gasteiger partial charge on any atom is 0.336 e. The van der Waals surface area contributed by atoms with E-state index in [1.165, 1.54) is 12.1 Å². The summed E-state index contributed by atoms with van der Waals surface area (Å²) in [4.78, 5) is 11.1. The lowest BCUT2D eigenvalue weighted by atomic mass is 10.1. The average molecular weight is 293 g/mol. The Morgan fingerprint density at radius 3 is 2.67 bits per heavy atom. The Balaban J connectivity index is 2.59. The monoisotopic (exact) mass is 292 g/mol. The van der Waals surface area contributed by atoms with Crippen molar-refractivity contribution in [2.24, 2.45) is 0 Å². The second-order valence-electron chi connectivity index (χ2n) is 3.80. The van der Waals surface area contributed by atoms with Gasteiger partial charge in [0.2, 0.25) is 0 Å². The van der Waals surface area contributed by atoms with Crippen molar-refractivity contribution in [3.8, 4) is 11.5 Å². The van der Waals surface area contributed by atoms with Gasteiger partial charge in [-0.15, -0.1) is 0 Å². The van der Waals surface area contributed by atoms with Crippen LogP contribution >= 0.6 is 11.6 Å². The number of carboxylic acid groups (broad SMARTS) is 1. The Hall–Kier alpha value is -1.47. The van der Waals surface area contributed by atoms with Gasteiger partial charge >= 0.3 is 11.7 Å². The quantitative estimate of drug-likeness (QED) is 0.843. The van der Waals surface area contributed by atoms with E-state index in [-0.39, 0.29) is 22.6 Å². The molecule has 1 heterocycles. The second kappa shape index (κ2) is 4.33. The van der Waals surface area contributed by atoms with Crippen LogP contribution in [0.5, 0.6) is 11.5 Å². The van der Waals surface area contributed by atoms with E-state index < -0.39 is 27.3 Å². The Kier molecular flexibility index (Phi) is 3.12. The zero-order valence-corrected chi connectivity index (χ0v) is 10.8. The van der Waals surface area contributed by atoms with Crippen LogP contribution in [0.1, 0.15) is 15.9 Å². The van der Waals surface area contributed by atoms with Gasteiger partial charge in [-0.3, -0.25) is 0 Å². The molecule has 1 unspecified atom stereocenters. The minimum Gasteiger partial charge on any atom is -0.478 e. The smallest absolute Gasteiger partial charge is 0.336 e. The normalized spacial score (nSPS) is 17.8. The Morgan fingerprint density at radius 2 is 2.11 bits per heavy atom. The number of ether oxygens (including phenoxy) is 2. The van der Waals surface area contributed by atoms with Crippen molar-refractivity contribution < 1.29 is 27.8 Å². The maximum atomic E-state index is 11.3. The topological polar surface area (TPSA) is 89.9 Å². The number of benzene rings is 1. The molecule has 0 amide bonds. The molecular formula is C10H9ClO6S. The van der Waals surface area contributed by atoms with Gasteiger partial charge in [-0.1, -0.05) is 0 Å². The zero-order chi connectivity index (χ0) is 13.5. The Bertz CT molecular complexity index is 609. The molecule has 1 aliphatic heterocycles. The minimum absolute atomic E-state index is 0.0469. The van der Waals surface area contributed by atoms with Crippen molar-refractivity contribution in [3.05, 3.63) is 23.3 Å². The van der Waals surface area contributed by atoms with Crippen LogP contribution in [0.2, 0.25) is 0 Å². The maximum absolute atomic E-state index is 11.3. The van der Waals surface area contributed by atoms with Crippen molar-refractivity contribution in [1.82, 2.24) is 0 Å². The van der Waals surface area contributed by atoms with E-state index in [1.807, 2.05) is 0 Å². The summed E-state index contributed by atoms with van der Waals surface area (Å²) in [5.74, 6) is -2.47. The lowest BCUT2D eigenvalue weighted by Gasteiger charge is -2.08. The van der Waals surface area contributed by atoms with Gasteiger partial charge in [0.25, 0.3) is 0 Å². The predicted octanol–water partition coefficient (Wildman–Crippen LogP) is 1.22. The van der Waals surface area contributed by atoms with Crippen LogP contribution in [-0.2, 0) is 15.6 Å². The summed E-state index contributed by atoms with van der Waals surface area (Å²) in [5, 5.41) is 9.04. The van der Waals surface area contributed by atoms with Crippen molar-refractivity contribution >= 4 is 27.4 Å². The molecule has 0 fully saturated rings. The summed E-state index contributed by atoms with van der Waals surface area (Å²) < 4.78 is 32.8. The zero-order valence-electron chi connectivity index (χ0n) is 9.21. The van der Waals surface area contributed by atoms with Crippen molar-refractivity contribution in [2.45, 2.75) is 11.5 Å². The van der Waals surface area contributed by atoms with E-state index in [0.29, 0.717) is 0 Å². The number of hydrogen-bond acceptors (Lipinski definition) is 5. The van der Waals surface area contributed by atoms with E-state index >= 15 is 0 Å². The SMILES string of the molecule is CS(=O)(=O)Cc1c(C(=O)O)ccc2c1OC(Cl)O2. The molecule has 2 rings (SSSR count). The van der Waals surface area contributed by atoms with Gasteiger partial charge in [-0.05, 0) is 23.7 Å². The van der Waals surface area contributed by atoms with Gasteiger partial charge in [-0.2, -0.15) is 0 Å². The van der Waals surface area contributed by atoms with Gasteiger partial charge in [0.1, 0.15) is 0 Å². The molecule has 0 bridgehead atoms. The summed E-state index contributed by atoms with van der Waals surface area (Å²) in [6.07, 6.45) is 1.01. The largest absolute Gasteiger partial charge is 0.478 e. The van der Waals surface area contributed by atoms with E-state index in [4.69, 9.17) is 26.2 Å².